The van der Waals surface area contributed by atoms with E-state index in [0.29, 0.717) is 24.1 Å². The van der Waals surface area contributed by atoms with Crippen LogP contribution in [0.4, 0.5) is 0 Å². The summed E-state index contributed by atoms with van der Waals surface area (Å²) in [5.74, 6) is 0.712. The van der Waals surface area contributed by atoms with Gasteiger partial charge in [-0.1, -0.05) is 48.0 Å². The van der Waals surface area contributed by atoms with Gasteiger partial charge in [0.2, 0.25) is 0 Å². The van der Waals surface area contributed by atoms with Crippen molar-refractivity contribution in [3.8, 4) is 0 Å². The van der Waals surface area contributed by atoms with E-state index < -0.39 is 0 Å². The zero-order chi connectivity index (χ0) is 15.0. The Labute approximate surface area is 136 Å². The van der Waals surface area contributed by atoms with Crippen molar-refractivity contribution in [2.45, 2.75) is 64.1 Å². The lowest BCUT2D eigenvalue weighted by molar-refractivity contribution is -0.118. The summed E-state index contributed by atoms with van der Waals surface area (Å²) >= 11 is 3.67. The first-order valence-corrected chi connectivity index (χ1v) is 8.93. The molecule has 21 heavy (non-hydrogen) atoms. The van der Waals surface area contributed by atoms with Crippen LogP contribution in [0.1, 0.15) is 51.5 Å². The van der Waals surface area contributed by atoms with Crippen molar-refractivity contribution < 1.29 is 4.74 Å². The molecule has 1 aromatic rings. The Balaban J connectivity index is 1.49. The van der Waals surface area contributed by atoms with Gasteiger partial charge in [0.05, 0.1) is 6.10 Å². The normalized spacial score (nSPS) is 34.1. The molecule has 2 atom stereocenters. The molecule has 0 bridgehead atoms. The van der Waals surface area contributed by atoms with Gasteiger partial charge in [-0.15, -0.1) is 0 Å². The van der Waals surface area contributed by atoms with Crippen LogP contribution in [0, 0.1) is 5.41 Å². The molecule has 1 aromatic carbocycles. The van der Waals surface area contributed by atoms with Gasteiger partial charge in [-0.25, -0.2) is 0 Å². The summed E-state index contributed by atoms with van der Waals surface area (Å²) in [5, 5.41) is 3.86. The van der Waals surface area contributed by atoms with Crippen LogP contribution in [0.2, 0.25) is 0 Å². The van der Waals surface area contributed by atoms with Crippen molar-refractivity contribution >= 4 is 15.9 Å². The molecule has 0 aromatic heterocycles. The molecule has 2 nitrogen and oxygen atoms in total. The first-order chi connectivity index (χ1) is 10.0. The van der Waals surface area contributed by atoms with Crippen LogP contribution in [0.25, 0.3) is 0 Å². The number of rotatable bonds is 5. The highest BCUT2D eigenvalue weighted by atomic mass is 79.9. The van der Waals surface area contributed by atoms with Gasteiger partial charge in [-0.3, -0.25) is 0 Å². The first kappa shape index (κ1) is 15.5. The quantitative estimate of drug-likeness (QED) is 0.843. The summed E-state index contributed by atoms with van der Waals surface area (Å²) < 4.78 is 7.07. The molecular formula is C18H26BrNO. The Morgan fingerprint density at radius 3 is 2.57 bits per heavy atom. The number of halogens is 1. The maximum Gasteiger partial charge on any atom is 0.0655 e. The Bertz CT molecular complexity index is 496. The van der Waals surface area contributed by atoms with Crippen LogP contribution in [0.15, 0.2) is 28.7 Å². The molecule has 2 fully saturated rings. The number of ether oxygens (including phenoxy) is 1. The number of nitrogens with one attached hydrogen (secondary N) is 1. The molecule has 2 aliphatic rings. The van der Waals surface area contributed by atoms with Gasteiger partial charge in [-0.2, -0.15) is 0 Å². The Kier molecular flexibility index (Phi) is 4.45. The van der Waals surface area contributed by atoms with Crippen LogP contribution in [-0.2, 0) is 4.74 Å². The van der Waals surface area contributed by atoms with Crippen LogP contribution in [-0.4, -0.2) is 24.8 Å². The first-order valence-electron chi connectivity index (χ1n) is 8.14. The summed E-state index contributed by atoms with van der Waals surface area (Å²) in [6, 6.07) is 9.92. The van der Waals surface area contributed by atoms with E-state index in [-0.39, 0.29) is 5.41 Å². The lowest BCUT2D eigenvalue weighted by Crippen LogP contribution is -2.64. The zero-order valence-electron chi connectivity index (χ0n) is 13.2. The van der Waals surface area contributed by atoms with Crippen LogP contribution >= 0.6 is 15.9 Å². The van der Waals surface area contributed by atoms with Crippen molar-refractivity contribution in [1.82, 2.24) is 5.32 Å². The van der Waals surface area contributed by atoms with Gasteiger partial charge in [0.15, 0.2) is 0 Å². The predicted molar refractivity (Wildman–Crippen MR) is 90.6 cm³/mol. The number of hydrogen-bond acceptors (Lipinski definition) is 2. The van der Waals surface area contributed by atoms with E-state index in [0.717, 1.165) is 13.0 Å². The second-order valence-corrected chi connectivity index (χ2v) is 7.96. The van der Waals surface area contributed by atoms with E-state index in [9.17, 15) is 0 Å². The summed E-state index contributed by atoms with van der Waals surface area (Å²) in [4.78, 5) is 0. The van der Waals surface area contributed by atoms with Crippen LogP contribution < -0.4 is 5.32 Å². The molecule has 116 valence electrons. The Morgan fingerprint density at radius 1 is 1.24 bits per heavy atom. The maximum absolute atomic E-state index is 5.82. The molecule has 0 heterocycles. The van der Waals surface area contributed by atoms with E-state index in [1.807, 2.05) is 0 Å². The van der Waals surface area contributed by atoms with E-state index in [2.05, 4.69) is 66.3 Å². The lowest BCUT2D eigenvalue weighted by atomic mass is 9.63. The summed E-state index contributed by atoms with van der Waals surface area (Å²) in [6.45, 7) is 7.58. The average Bonchev–Trinajstić information content (AvgIpc) is 2.41. The molecular weight excluding hydrogens is 326 g/mol. The van der Waals surface area contributed by atoms with Gasteiger partial charge >= 0.3 is 0 Å². The summed E-state index contributed by atoms with van der Waals surface area (Å²) in [7, 11) is 0. The maximum atomic E-state index is 5.82. The standard InChI is InChI=1S/C18H26BrNO/c1-4-21-17-11-16(18(17,2)3)20-13-9-12(10-13)14-7-5-6-8-15(14)19/h5-8,12-13,16-17,20H,4,9-11H2,1-3H3. The molecule has 0 saturated heterocycles. The third-order valence-corrected chi connectivity index (χ3v) is 6.19. The molecule has 3 heteroatoms. The van der Waals surface area contributed by atoms with Gasteiger partial charge in [0.1, 0.15) is 0 Å². The minimum absolute atomic E-state index is 0.272. The monoisotopic (exact) mass is 351 g/mol. The fraction of sp³-hybridized carbons (Fsp3) is 0.667. The summed E-state index contributed by atoms with van der Waals surface area (Å²) in [5.41, 5.74) is 1.74. The van der Waals surface area contributed by atoms with Crippen molar-refractivity contribution in [2.24, 2.45) is 5.41 Å². The Hall–Kier alpha value is -0.380. The fourth-order valence-electron chi connectivity index (χ4n) is 3.75. The largest absolute Gasteiger partial charge is 0.378 e. The van der Waals surface area contributed by atoms with Crippen molar-refractivity contribution in [2.75, 3.05) is 6.61 Å². The molecule has 3 rings (SSSR count). The van der Waals surface area contributed by atoms with E-state index >= 15 is 0 Å². The smallest absolute Gasteiger partial charge is 0.0655 e. The highest BCUT2D eigenvalue weighted by Gasteiger charge is 2.50. The lowest BCUT2D eigenvalue weighted by Gasteiger charge is -2.54. The van der Waals surface area contributed by atoms with E-state index in [1.54, 1.807) is 0 Å². The SMILES string of the molecule is CCOC1CC(NC2CC(c3ccccc3Br)C2)C1(C)C. The molecule has 2 aliphatic carbocycles. The number of benzene rings is 1. The van der Waals surface area contributed by atoms with E-state index in [4.69, 9.17) is 4.74 Å². The van der Waals surface area contributed by atoms with Gasteiger partial charge in [0.25, 0.3) is 0 Å². The highest BCUT2D eigenvalue weighted by Crippen LogP contribution is 2.46. The minimum Gasteiger partial charge on any atom is -0.378 e. The Morgan fingerprint density at radius 2 is 1.95 bits per heavy atom. The summed E-state index contributed by atoms with van der Waals surface area (Å²) in [6.07, 6.45) is 4.11. The fourth-order valence-corrected chi connectivity index (χ4v) is 4.36. The predicted octanol–water partition coefficient (Wildman–Crippen LogP) is 4.49. The van der Waals surface area contributed by atoms with Crippen molar-refractivity contribution in [3.05, 3.63) is 34.3 Å². The molecule has 0 radical (unpaired) electrons. The van der Waals surface area contributed by atoms with Gasteiger partial charge in [0, 0.05) is 28.6 Å². The van der Waals surface area contributed by atoms with Crippen LogP contribution in [0.3, 0.4) is 0 Å². The molecule has 0 aliphatic heterocycles. The number of hydrogen-bond donors (Lipinski definition) is 1. The third kappa shape index (κ3) is 2.93. The molecule has 2 unspecified atom stereocenters. The van der Waals surface area contributed by atoms with Crippen molar-refractivity contribution in [1.29, 1.82) is 0 Å². The average molecular weight is 352 g/mol. The highest BCUT2D eigenvalue weighted by molar-refractivity contribution is 9.10. The van der Waals surface area contributed by atoms with Crippen molar-refractivity contribution in [3.63, 3.8) is 0 Å². The van der Waals surface area contributed by atoms with Crippen LogP contribution in [0.5, 0.6) is 0 Å². The van der Waals surface area contributed by atoms with Gasteiger partial charge in [-0.05, 0) is 43.7 Å². The second-order valence-electron chi connectivity index (χ2n) is 7.11. The second kappa shape index (κ2) is 6.02. The molecule has 1 N–H and O–H groups in total. The third-order valence-electron chi connectivity index (χ3n) is 5.47. The topological polar surface area (TPSA) is 21.3 Å². The minimum atomic E-state index is 0.272. The van der Waals surface area contributed by atoms with E-state index in [1.165, 1.54) is 22.9 Å². The molecule has 2 saturated carbocycles. The molecule has 0 amide bonds. The molecule has 0 spiro atoms. The van der Waals surface area contributed by atoms with Gasteiger partial charge < -0.3 is 10.1 Å². The zero-order valence-corrected chi connectivity index (χ0v) is 14.8.